The topological polar surface area (TPSA) is 132 Å². The Labute approximate surface area is 217 Å². The number of fused-ring (bicyclic) bond motifs is 1. The summed E-state index contributed by atoms with van der Waals surface area (Å²) in [5, 5.41) is 25.0. The summed E-state index contributed by atoms with van der Waals surface area (Å²) >= 11 is 0. The van der Waals surface area contributed by atoms with Crippen molar-refractivity contribution in [1.82, 2.24) is 0 Å². The second kappa shape index (κ2) is 11.1. The largest absolute Gasteiger partial charge is 0.493 e. The molecule has 0 spiro atoms. The zero-order valence-electron chi connectivity index (χ0n) is 20.4. The predicted molar refractivity (Wildman–Crippen MR) is 142 cm³/mol. The predicted octanol–water partition coefficient (Wildman–Crippen LogP) is 5.83. The van der Waals surface area contributed by atoms with E-state index in [1.807, 2.05) is 30.3 Å². The number of nitro groups is 1. The van der Waals surface area contributed by atoms with Gasteiger partial charge < -0.3 is 14.8 Å². The molecule has 188 valence electrons. The minimum Gasteiger partial charge on any atom is -0.493 e. The number of ether oxygens (including phenoxy) is 2. The van der Waals surface area contributed by atoms with E-state index >= 15 is 0 Å². The third-order valence-electron chi connectivity index (χ3n) is 5.67. The van der Waals surface area contributed by atoms with Crippen LogP contribution in [0.5, 0.6) is 11.5 Å². The van der Waals surface area contributed by atoms with Crippen LogP contribution in [-0.2, 0) is 4.79 Å². The standard InChI is InChI=1S/C29H21N3O6/c1-18-10-12-24(25(14-18)32(35)36)31-28(33)21(17-30)15-19-11-13-26(27(16-19)37-2)38-29(34)23-9-5-7-20-6-3-4-8-22(20)23/h3-16H,1-2H3,(H,31,33)/b21-15+. The van der Waals surface area contributed by atoms with Gasteiger partial charge in [-0.3, -0.25) is 14.9 Å². The highest BCUT2D eigenvalue weighted by Gasteiger charge is 2.19. The van der Waals surface area contributed by atoms with Crippen LogP contribution < -0.4 is 14.8 Å². The Balaban J connectivity index is 1.57. The number of amides is 1. The Bertz CT molecular complexity index is 1650. The summed E-state index contributed by atoms with van der Waals surface area (Å²) in [5.74, 6) is -1.02. The molecule has 38 heavy (non-hydrogen) atoms. The molecule has 4 aromatic carbocycles. The monoisotopic (exact) mass is 507 g/mol. The summed E-state index contributed by atoms with van der Waals surface area (Å²) in [6, 6.07) is 23.5. The van der Waals surface area contributed by atoms with E-state index < -0.39 is 16.8 Å². The summed E-state index contributed by atoms with van der Waals surface area (Å²) in [6.45, 7) is 1.69. The fourth-order valence-electron chi connectivity index (χ4n) is 3.82. The van der Waals surface area contributed by atoms with Crippen LogP contribution in [0, 0.1) is 28.4 Å². The Morgan fingerprint density at radius 1 is 1.00 bits per heavy atom. The lowest BCUT2D eigenvalue weighted by atomic mass is 10.0. The van der Waals surface area contributed by atoms with Crippen LogP contribution in [0.4, 0.5) is 11.4 Å². The number of aryl methyl sites for hydroxylation is 1. The molecule has 0 saturated carbocycles. The average molecular weight is 508 g/mol. The second-order valence-electron chi connectivity index (χ2n) is 8.23. The van der Waals surface area contributed by atoms with Gasteiger partial charge in [-0.05, 0) is 59.2 Å². The van der Waals surface area contributed by atoms with E-state index in [4.69, 9.17) is 9.47 Å². The molecular weight excluding hydrogens is 486 g/mol. The number of nitrogens with one attached hydrogen (secondary N) is 1. The molecule has 1 N–H and O–H groups in total. The first-order valence-corrected chi connectivity index (χ1v) is 11.4. The number of carbonyl (C=O) groups is 2. The zero-order chi connectivity index (χ0) is 27.2. The van der Waals surface area contributed by atoms with Gasteiger partial charge in [0.1, 0.15) is 17.3 Å². The molecule has 9 heteroatoms. The minimum absolute atomic E-state index is 0.0278. The maximum Gasteiger partial charge on any atom is 0.344 e. The first-order chi connectivity index (χ1) is 18.3. The highest BCUT2D eigenvalue weighted by atomic mass is 16.6. The van der Waals surface area contributed by atoms with Crippen molar-refractivity contribution in [3.8, 4) is 17.6 Å². The molecule has 4 rings (SSSR count). The highest BCUT2D eigenvalue weighted by Crippen LogP contribution is 2.31. The molecule has 4 aromatic rings. The minimum atomic E-state index is -0.815. The summed E-state index contributed by atoms with van der Waals surface area (Å²) in [6.07, 6.45) is 1.30. The Hall–Kier alpha value is -5.49. The van der Waals surface area contributed by atoms with E-state index in [1.165, 1.54) is 37.5 Å². The molecule has 0 aliphatic carbocycles. The molecule has 0 saturated heterocycles. The number of nitriles is 1. The van der Waals surface area contributed by atoms with Crippen molar-refractivity contribution in [3.05, 3.63) is 111 Å². The fourth-order valence-corrected chi connectivity index (χ4v) is 3.82. The highest BCUT2D eigenvalue weighted by molar-refractivity contribution is 6.10. The molecule has 0 fully saturated rings. The van der Waals surface area contributed by atoms with Gasteiger partial charge in [-0.2, -0.15) is 5.26 Å². The van der Waals surface area contributed by atoms with Gasteiger partial charge in [-0.1, -0.05) is 48.5 Å². The number of hydrogen-bond donors (Lipinski definition) is 1. The van der Waals surface area contributed by atoms with Gasteiger partial charge in [-0.25, -0.2) is 4.79 Å². The van der Waals surface area contributed by atoms with Crippen molar-refractivity contribution in [2.45, 2.75) is 6.92 Å². The van der Waals surface area contributed by atoms with Crippen molar-refractivity contribution < 1.29 is 24.0 Å². The average Bonchev–Trinajstić information content (AvgIpc) is 2.92. The van der Waals surface area contributed by atoms with E-state index in [0.29, 0.717) is 16.7 Å². The smallest absolute Gasteiger partial charge is 0.344 e. The molecule has 0 heterocycles. The molecule has 0 unspecified atom stereocenters. The van der Waals surface area contributed by atoms with Crippen molar-refractivity contribution in [3.63, 3.8) is 0 Å². The van der Waals surface area contributed by atoms with Crippen molar-refractivity contribution in [2.24, 2.45) is 0 Å². The SMILES string of the molecule is COc1cc(/C=C(\C#N)C(=O)Nc2ccc(C)cc2[N+](=O)[O-])ccc1OC(=O)c1cccc2ccccc12. The molecular formula is C29H21N3O6. The van der Waals surface area contributed by atoms with Crippen LogP contribution in [-0.4, -0.2) is 23.9 Å². The van der Waals surface area contributed by atoms with Gasteiger partial charge in [0.15, 0.2) is 11.5 Å². The summed E-state index contributed by atoms with van der Waals surface area (Å²) in [7, 11) is 1.40. The Kier molecular flexibility index (Phi) is 7.45. The van der Waals surface area contributed by atoms with E-state index in [9.17, 15) is 25.0 Å². The van der Waals surface area contributed by atoms with Gasteiger partial charge in [0.2, 0.25) is 0 Å². The lowest BCUT2D eigenvalue weighted by Gasteiger charge is -2.11. The van der Waals surface area contributed by atoms with Crippen molar-refractivity contribution in [2.75, 3.05) is 12.4 Å². The molecule has 0 aliphatic heterocycles. The van der Waals surface area contributed by atoms with Crippen LogP contribution >= 0.6 is 0 Å². The van der Waals surface area contributed by atoms with Crippen molar-refractivity contribution in [1.29, 1.82) is 5.26 Å². The maximum absolute atomic E-state index is 12.9. The van der Waals surface area contributed by atoms with Crippen molar-refractivity contribution >= 4 is 40.1 Å². The van der Waals surface area contributed by atoms with Crippen LogP contribution in [0.15, 0.2) is 84.4 Å². The fraction of sp³-hybridized carbons (Fsp3) is 0.0690. The number of carbonyl (C=O) groups excluding carboxylic acids is 2. The molecule has 9 nitrogen and oxygen atoms in total. The molecule has 0 aromatic heterocycles. The second-order valence-corrected chi connectivity index (χ2v) is 8.23. The van der Waals surface area contributed by atoms with Crippen LogP contribution in [0.25, 0.3) is 16.8 Å². The number of nitrogens with zero attached hydrogens (tertiary/aromatic N) is 2. The number of esters is 1. The summed E-state index contributed by atoms with van der Waals surface area (Å²) in [5.41, 5.74) is 0.857. The summed E-state index contributed by atoms with van der Waals surface area (Å²) < 4.78 is 11.0. The lowest BCUT2D eigenvalue weighted by Crippen LogP contribution is -2.14. The van der Waals surface area contributed by atoms with E-state index in [1.54, 1.807) is 37.3 Å². The number of nitro benzene ring substituents is 1. The van der Waals surface area contributed by atoms with E-state index in [-0.39, 0.29) is 28.4 Å². The number of methoxy groups -OCH3 is 1. The zero-order valence-corrected chi connectivity index (χ0v) is 20.4. The van der Waals surface area contributed by atoms with Gasteiger partial charge in [0.05, 0.1) is 17.6 Å². The third kappa shape index (κ3) is 5.50. The first kappa shape index (κ1) is 25.6. The summed E-state index contributed by atoms with van der Waals surface area (Å²) in [4.78, 5) is 36.4. The molecule has 0 atom stereocenters. The normalized spacial score (nSPS) is 10.9. The maximum atomic E-state index is 12.9. The number of benzene rings is 4. The lowest BCUT2D eigenvalue weighted by molar-refractivity contribution is -0.384. The van der Waals surface area contributed by atoms with Crippen LogP contribution in [0.1, 0.15) is 21.5 Å². The van der Waals surface area contributed by atoms with Gasteiger partial charge in [-0.15, -0.1) is 0 Å². The van der Waals surface area contributed by atoms with Crippen LogP contribution in [0.3, 0.4) is 0 Å². The third-order valence-corrected chi connectivity index (χ3v) is 5.67. The number of rotatable bonds is 7. The van der Waals surface area contributed by atoms with Gasteiger partial charge >= 0.3 is 5.97 Å². The Morgan fingerprint density at radius 2 is 1.76 bits per heavy atom. The molecule has 1 amide bonds. The van der Waals surface area contributed by atoms with Gasteiger partial charge in [0, 0.05) is 6.07 Å². The van der Waals surface area contributed by atoms with E-state index in [0.717, 1.165) is 10.8 Å². The molecule has 0 bridgehead atoms. The quantitative estimate of drug-likeness (QED) is 0.0831. The Morgan fingerprint density at radius 3 is 2.50 bits per heavy atom. The number of hydrogen-bond acceptors (Lipinski definition) is 7. The number of anilines is 1. The van der Waals surface area contributed by atoms with Gasteiger partial charge in [0.25, 0.3) is 11.6 Å². The molecule has 0 radical (unpaired) electrons. The van der Waals surface area contributed by atoms with Crippen LogP contribution in [0.2, 0.25) is 0 Å². The molecule has 0 aliphatic rings. The van der Waals surface area contributed by atoms with E-state index in [2.05, 4.69) is 5.32 Å². The first-order valence-electron chi connectivity index (χ1n) is 11.4.